The van der Waals surface area contributed by atoms with E-state index in [-0.39, 0.29) is 6.04 Å². The Hall–Kier alpha value is -0.370. The Kier molecular flexibility index (Phi) is 1.49. The molecule has 0 bridgehead atoms. The van der Waals surface area contributed by atoms with Gasteiger partial charge in [0.15, 0.2) is 5.78 Å². The third kappa shape index (κ3) is 1.21. The Balaban J connectivity index is 1.84. The third-order valence-electron chi connectivity index (χ3n) is 2.42. The summed E-state index contributed by atoms with van der Waals surface area (Å²) in [6, 6.07) is 0.229. The van der Waals surface area contributed by atoms with Gasteiger partial charge in [-0.15, -0.1) is 0 Å². The van der Waals surface area contributed by atoms with Crippen LogP contribution in [0.1, 0.15) is 25.7 Å². The van der Waals surface area contributed by atoms with E-state index in [9.17, 15) is 4.79 Å². The number of rotatable bonds is 2. The van der Waals surface area contributed by atoms with Crippen molar-refractivity contribution in [1.29, 1.82) is 0 Å². The van der Waals surface area contributed by atoms with Crippen molar-refractivity contribution in [3.8, 4) is 0 Å². The van der Waals surface area contributed by atoms with E-state index in [0.717, 1.165) is 25.3 Å². The van der Waals surface area contributed by atoms with Gasteiger partial charge in [0.25, 0.3) is 0 Å². The molecule has 2 rings (SSSR count). The molecule has 56 valence electrons. The lowest BCUT2D eigenvalue weighted by atomic mass is 10.1. The predicted octanol–water partition coefficient (Wildman–Crippen LogP) is 0.718. The summed E-state index contributed by atoms with van der Waals surface area (Å²) in [5.41, 5.74) is 0. The van der Waals surface area contributed by atoms with Gasteiger partial charge < -0.3 is 5.32 Å². The highest BCUT2D eigenvalue weighted by molar-refractivity contribution is 5.86. The van der Waals surface area contributed by atoms with Crippen LogP contribution in [0.15, 0.2) is 0 Å². The summed E-state index contributed by atoms with van der Waals surface area (Å²) in [6.07, 6.45) is 4.58. The summed E-state index contributed by atoms with van der Waals surface area (Å²) in [5, 5.41) is 3.23. The second-order valence-electron chi connectivity index (χ2n) is 3.40. The molecule has 1 saturated carbocycles. The van der Waals surface area contributed by atoms with Gasteiger partial charge in [-0.1, -0.05) is 12.8 Å². The standard InChI is InChI=1S/C8H13NO/c10-8-3-4-9-7(8)5-6-1-2-6/h6-7,9H,1-5H2. The summed E-state index contributed by atoms with van der Waals surface area (Å²) in [6.45, 7) is 0.913. The van der Waals surface area contributed by atoms with E-state index in [0.29, 0.717) is 5.78 Å². The number of hydrogen-bond donors (Lipinski definition) is 1. The predicted molar refractivity (Wildman–Crippen MR) is 38.8 cm³/mol. The summed E-state index contributed by atoms with van der Waals surface area (Å²) < 4.78 is 0. The average molecular weight is 139 g/mol. The molecule has 1 heterocycles. The molecule has 0 aromatic rings. The summed E-state index contributed by atoms with van der Waals surface area (Å²) in [5.74, 6) is 1.31. The first kappa shape index (κ1) is 6.35. The monoisotopic (exact) mass is 139 g/mol. The molecule has 10 heavy (non-hydrogen) atoms. The molecule has 0 spiro atoms. The van der Waals surface area contributed by atoms with E-state index in [1.165, 1.54) is 12.8 Å². The smallest absolute Gasteiger partial charge is 0.151 e. The fourth-order valence-electron chi connectivity index (χ4n) is 1.56. The van der Waals surface area contributed by atoms with Crippen LogP contribution in [0.5, 0.6) is 0 Å². The molecule has 2 fully saturated rings. The van der Waals surface area contributed by atoms with Gasteiger partial charge >= 0.3 is 0 Å². The minimum Gasteiger partial charge on any atom is -0.307 e. The fraction of sp³-hybridized carbons (Fsp3) is 0.875. The highest BCUT2D eigenvalue weighted by Crippen LogP contribution is 2.34. The summed E-state index contributed by atoms with van der Waals surface area (Å²) >= 11 is 0. The molecule has 2 heteroatoms. The van der Waals surface area contributed by atoms with E-state index >= 15 is 0 Å². The molecular weight excluding hydrogens is 126 g/mol. The second-order valence-corrected chi connectivity index (χ2v) is 3.40. The lowest BCUT2D eigenvalue weighted by Crippen LogP contribution is -2.27. The molecule has 1 unspecified atom stereocenters. The van der Waals surface area contributed by atoms with Gasteiger partial charge in [-0.2, -0.15) is 0 Å². The Morgan fingerprint density at radius 2 is 2.30 bits per heavy atom. The van der Waals surface area contributed by atoms with Crippen LogP contribution >= 0.6 is 0 Å². The van der Waals surface area contributed by atoms with Gasteiger partial charge in [0.1, 0.15) is 0 Å². The number of ketones is 1. The third-order valence-corrected chi connectivity index (χ3v) is 2.42. The first-order chi connectivity index (χ1) is 4.86. The first-order valence-corrected chi connectivity index (χ1v) is 4.12. The van der Waals surface area contributed by atoms with Gasteiger partial charge in [-0.25, -0.2) is 0 Å². The van der Waals surface area contributed by atoms with Crippen molar-refractivity contribution in [3.63, 3.8) is 0 Å². The van der Waals surface area contributed by atoms with Crippen molar-refractivity contribution in [2.75, 3.05) is 6.54 Å². The van der Waals surface area contributed by atoms with Gasteiger partial charge in [-0.3, -0.25) is 4.79 Å². The van der Waals surface area contributed by atoms with Crippen molar-refractivity contribution in [2.45, 2.75) is 31.7 Å². The molecule has 2 aliphatic rings. The zero-order chi connectivity index (χ0) is 6.97. The molecule has 2 nitrogen and oxygen atoms in total. The van der Waals surface area contributed by atoms with Crippen LogP contribution < -0.4 is 5.32 Å². The number of carbonyl (C=O) groups excluding carboxylic acids is 1. The van der Waals surface area contributed by atoms with Gasteiger partial charge in [0, 0.05) is 13.0 Å². The van der Waals surface area contributed by atoms with Crippen LogP contribution in [0.3, 0.4) is 0 Å². The maximum absolute atomic E-state index is 11.1. The van der Waals surface area contributed by atoms with E-state index in [4.69, 9.17) is 0 Å². The van der Waals surface area contributed by atoms with Crippen LogP contribution in [0.4, 0.5) is 0 Å². The fourth-order valence-corrected chi connectivity index (χ4v) is 1.56. The molecule has 0 amide bonds. The van der Waals surface area contributed by atoms with Crippen LogP contribution in [-0.4, -0.2) is 18.4 Å². The van der Waals surface area contributed by atoms with E-state index in [2.05, 4.69) is 5.32 Å². The summed E-state index contributed by atoms with van der Waals surface area (Å²) in [4.78, 5) is 11.1. The highest BCUT2D eigenvalue weighted by Gasteiger charge is 2.31. The molecule has 1 atom stereocenters. The van der Waals surface area contributed by atoms with E-state index in [1.54, 1.807) is 0 Å². The largest absolute Gasteiger partial charge is 0.307 e. The zero-order valence-corrected chi connectivity index (χ0v) is 6.10. The molecule has 0 radical (unpaired) electrons. The molecule has 1 aliphatic carbocycles. The number of hydrogen-bond acceptors (Lipinski definition) is 2. The van der Waals surface area contributed by atoms with E-state index < -0.39 is 0 Å². The summed E-state index contributed by atoms with van der Waals surface area (Å²) in [7, 11) is 0. The van der Waals surface area contributed by atoms with Crippen molar-refractivity contribution in [3.05, 3.63) is 0 Å². The number of nitrogens with one attached hydrogen (secondary N) is 1. The highest BCUT2D eigenvalue weighted by atomic mass is 16.1. The van der Waals surface area contributed by atoms with Crippen LogP contribution in [0.25, 0.3) is 0 Å². The molecule has 0 aromatic heterocycles. The van der Waals surface area contributed by atoms with Crippen LogP contribution in [0, 0.1) is 5.92 Å². The van der Waals surface area contributed by atoms with Gasteiger partial charge in [0.05, 0.1) is 6.04 Å². The molecular formula is C8H13NO. The van der Waals surface area contributed by atoms with Crippen LogP contribution in [0.2, 0.25) is 0 Å². The minimum absolute atomic E-state index is 0.229. The Morgan fingerprint density at radius 1 is 1.50 bits per heavy atom. The lowest BCUT2D eigenvalue weighted by molar-refractivity contribution is -0.118. The molecule has 0 aromatic carbocycles. The van der Waals surface area contributed by atoms with Gasteiger partial charge in [0.2, 0.25) is 0 Å². The second kappa shape index (κ2) is 2.35. The Labute approximate surface area is 61.0 Å². The van der Waals surface area contributed by atoms with Crippen molar-refractivity contribution in [2.24, 2.45) is 5.92 Å². The van der Waals surface area contributed by atoms with Gasteiger partial charge in [-0.05, 0) is 12.3 Å². The van der Waals surface area contributed by atoms with Crippen molar-refractivity contribution < 1.29 is 4.79 Å². The van der Waals surface area contributed by atoms with Crippen molar-refractivity contribution in [1.82, 2.24) is 5.32 Å². The zero-order valence-electron chi connectivity index (χ0n) is 6.10. The minimum atomic E-state index is 0.229. The SMILES string of the molecule is O=C1CCNC1CC1CC1. The Morgan fingerprint density at radius 3 is 2.80 bits per heavy atom. The topological polar surface area (TPSA) is 29.1 Å². The van der Waals surface area contributed by atoms with E-state index in [1.807, 2.05) is 0 Å². The molecule has 1 aliphatic heterocycles. The number of Topliss-reactive ketones (excluding diaryl/α,β-unsaturated/α-hetero) is 1. The Bertz CT molecular complexity index is 151. The number of carbonyl (C=O) groups is 1. The maximum atomic E-state index is 11.1. The van der Waals surface area contributed by atoms with Crippen molar-refractivity contribution >= 4 is 5.78 Å². The normalized spacial score (nSPS) is 33.2. The maximum Gasteiger partial charge on any atom is 0.151 e. The lowest BCUT2D eigenvalue weighted by Gasteiger charge is -2.05. The van der Waals surface area contributed by atoms with Crippen LogP contribution in [-0.2, 0) is 4.79 Å². The first-order valence-electron chi connectivity index (χ1n) is 4.12. The average Bonchev–Trinajstić information content (AvgIpc) is 2.62. The quantitative estimate of drug-likeness (QED) is 0.610. The molecule has 1 N–H and O–H groups in total. The molecule has 1 saturated heterocycles.